The van der Waals surface area contributed by atoms with Crippen LogP contribution in [0, 0.1) is 10.1 Å². The Morgan fingerprint density at radius 1 is 1.15 bits per heavy atom. The smallest absolute Gasteiger partial charge is 0.307 e. The number of nitro benzene ring substituents is 1. The number of hydrogen-bond donors (Lipinski definition) is 2. The zero-order chi connectivity index (χ0) is 20.2. The van der Waals surface area contributed by atoms with Crippen LogP contribution in [0.25, 0.3) is 0 Å². The first-order valence-corrected chi connectivity index (χ1v) is 8.90. The highest BCUT2D eigenvalue weighted by Gasteiger charge is 2.23. The first kappa shape index (κ1) is 20.0. The minimum absolute atomic E-state index is 0.0129. The summed E-state index contributed by atoms with van der Waals surface area (Å²) in [7, 11) is -1.71. The van der Waals surface area contributed by atoms with E-state index in [1.807, 2.05) is 0 Å². The van der Waals surface area contributed by atoms with Crippen LogP contribution in [-0.4, -0.2) is 38.6 Å². The quantitative estimate of drug-likeness (QED) is 0.509. The number of non-ortho nitro benzene ring substituents is 1. The van der Waals surface area contributed by atoms with Crippen LogP contribution in [0.3, 0.4) is 0 Å². The maximum absolute atomic E-state index is 12.8. The number of methoxy groups -OCH3 is 2. The number of carboxylic acids is 1. The lowest BCUT2D eigenvalue weighted by Crippen LogP contribution is -2.15. The van der Waals surface area contributed by atoms with Crippen molar-refractivity contribution in [1.29, 1.82) is 0 Å². The van der Waals surface area contributed by atoms with Gasteiger partial charge in [0.2, 0.25) is 0 Å². The third-order valence-corrected chi connectivity index (χ3v) is 4.90. The Morgan fingerprint density at radius 2 is 1.78 bits per heavy atom. The van der Waals surface area contributed by atoms with Gasteiger partial charge in [0.05, 0.1) is 31.3 Å². The molecule has 27 heavy (non-hydrogen) atoms. The molecule has 2 aromatic rings. The number of carboxylic acid groups (broad SMARTS) is 1. The summed E-state index contributed by atoms with van der Waals surface area (Å²) in [6, 6.07) is 7.37. The Kier molecular flexibility index (Phi) is 5.85. The lowest BCUT2D eigenvalue weighted by molar-refractivity contribution is -0.384. The fourth-order valence-corrected chi connectivity index (χ4v) is 3.59. The SMILES string of the molecule is COc1ccc([N+](=O)[O-])cc1NS(=O)(=O)c1cc(CC(=O)O)ccc1OC. The Hall–Kier alpha value is -3.34. The van der Waals surface area contributed by atoms with Crippen LogP contribution in [0.1, 0.15) is 5.56 Å². The van der Waals surface area contributed by atoms with Crippen molar-refractivity contribution in [3.8, 4) is 11.5 Å². The fourth-order valence-electron chi connectivity index (χ4n) is 2.30. The molecule has 0 radical (unpaired) electrons. The van der Waals surface area contributed by atoms with Crippen molar-refractivity contribution in [3.63, 3.8) is 0 Å². The second-order valence-electron chi connectivity index (χ2n) is 5.30. The van der Waals surface area contributed by atoms with Crippen LogP contribution >= 0.6 is 0 Å². The second kappa shape index (κ2) is 7.91. The van der Waals surface area contributed by atoms with Crippen molar-refractivity contribution in [1.82, 2.24) is 0 Å². The third kappa shape index (κ3) is 4.64. The number of anilines is 1. The molecular formula is C16H16N2O8S. The second-order valence-corrected chi connectivity index (χ2v) is 6.95. The number of nitrogens with one attached hydrogen (secondary N) is 1. The van der Waals surface area contributed by atoms with Gasteiger partial charge in [0, 0.05) is 12.1 Å². The summed E-state index contributed by atoms with van der Waals surface area (Å²) in [6.45, 7) is 0. The molecule has 2 N–H and O–H groups in total. The van der Waals surface area contributed by atoms with Gasteiger partial charge in [0.15, 0.2) is 0 Å². The lowest BCUT2D eigenvalue weighted by Gasteiger charge is -2.14. The van der Waals surface area contributed by atoms with Gasteiger partial charge in [-0.05, 0) is 23.8 Å². The van der Waals surface area contributed by atoms with Crippen molar-refractivity contribution < 1.29 is 32.7 Å². The highest BCUT2D eigenvalue weighted by Crippen LogP contribution is 2.33. The molecule has 0 atom stereocenters. The van der Waals surface area contributed by atoms with Crippen LogP contribution in [0.15, 0.2) is 41.3 Å². The molecule has 0 aliphatic carbocycles. The van der Waals surface area contributed by atoms with E-state index in [1.165, 1.54) is 44.6 Å². The zero-order valence-electron chi connectivity index (χ0n) is 14.3. The van der Waals surface area contributed by atoms with E-state index in [4.69, 9.17) is 14.6 Å². The van der Waals surface area contributed by atoms with E-state index in [1.54, 1.807) is 0 Å². The summed E-state index contributed by atoms with van der Waals surface area (Å²) in [4.78, 5) is 20.8. The molecule has 11 heteroatoms. The maximum Gasteiger partial charge on any atom is 0.307 e. The number of nitro groups is 1. The topological polar surface area (TPSA) is 145 Å². The number of benzene rings is 2. The van der Waals surface area contributed by atoms with Gasteiger partial charge < -0.3 is 14.6 Å². The molecule has 0 aromatic heterocycles. The molecule has 0 heterocycles. The summed E-state index contributed by atoms with van der Waals surface area (Å²) >= 11 is 0. The van der Waals surface area contributed by atoms with E-state index in [2.05, 4.69) is 4.72 Å². The van der Waals surface area contributed by atoms with Crippen molar-refractivity contribution in [2.75, 3.05) is 18.9 Å². The predicted molar refractivity (Wildman–Crippen MR) is 94.8 cm³/mol. The standard InChI is InChI=1S/C16H16N2O8S/c1-25-13-6-4-11(18(21)22)9-12(13)17-27(23,24)15-7-10(8-16(19)20)3-5-14(15)26-2/h3-7,9,17H,8H2,1-2H3,(H,19,20). The molecule has 2 rings (SSSR count). The van der Waals surface area contributed by atoms with Crippen LogP contribution in [0.2, 0.25) is 0 Å². The summed E-state index contributed by atoms with van der Waals surface area (Å²) in [6.07, 6.45) is -0.382. The molecule has 0 amide bonds. The fraction of sp³-hybridized carbons (Fsp3) is 0.188. The summed E-state index contributed by atoms with van der Waals surface area (Å²) in [5.41, 5.74) is -0.229. The van der Waals surface area contributed by atoms with Crippen molar-refractivity contribution in [2.24, 2.45) is 0 Å². The van der Waals surface area contributed by atoms with E-state index in [9.17, 15) is 23.3 Å². The highest BCUT2D eigenvalue weighted by molar-refractivity contribution is 7.92. The van der Waals surface area contributed by atoms with Gasteiger partial charge in [-0.2, -0.15) is 0 Å². The van der Waals surface area contributed by atoms with E-state index in [-0.39, 0.29) is 39.8 Å². The van der Waals surface area contributed by atoms with E-state index >= 15 is 0 Å². The molecular weight excluding hydrogens is 380 g/mol. The number of aliphatic carboxylic acids is 1. The largest absolute Gasteiger partial charge is 0.495 e. The Labute approximate surface area is 154 Å². The highest BCUT2D eigenvalue weighted by atomic mass is 32.2. The average Bonchev–Trinajstić information content (AvgIpc) is 2.60. The molecule has 144 valence electrons. The molecule has 0 fully saturated rings. The van der Waals surface area contributed by atoms with E-state index in [0.717, 1.165) is 6.07 Å². The van der Waals surface area contributed by atoms with Crippen molar-refractivity contribution in [2.45, 2.75) is 11.3 Å². The molecule has 2 aromatic carbocycles. The van der Waals surface area contributed by atoms with E-state index < -0.39 is 20.9 Å². The van der Waals surface area contributed by atoms with Crippen LogP contribution in [0.4, 0.5) is 11.4 Å². The van der Waals surface area contributed by atoms with Crippen LogP contribution < -0.4 is 14.2 Å². The summed E-state index contributed by atoms with van der Waals surface area (Å²) in [5, 5.41) is 19.8. The van der Waals surface area contributed by atoms with Gasteiger partial charge in [-0.15, -0.1) is 0 Å². The molecule has 0 aliphatic rings. The van der Waals surface area contributed by atoms with Crippen LogP contribution in [-0.2, 0) is 21.2 Å². The molecule has 0 aliphatic heterocycles. The van der Waals surface area contributed by atoms with Crippen molar-refractivity contribution >= 4 is 27.4 Å². The molecule has 10 nitrogen and oxygen atoms in total. The monoisotopic (exact) mass is 396 g/mol. The minimum Gasteiger partial charge on any atom is -0.495 e. The maximum atomic E-state index is 12.8. The Morgan fingerprint density at radius 3 is 2.33 bits per heavy atom. The normalized spacial score (nSPS) is 10.9. The first-order valence-electron chi connectivity index (χ1n) is 7.42. The van der Waals surface area contributed by atoms with Gasteiger partial charge in [-0.1, -0.05) is 6.07 Å². The van der Waals surface area contributed by atoms with Gasteiger partial charge in [-0.3, -0.25) is 19.6 Å². The van der Waals surface area contributed by atoms with Crippen LogP contribution in [0.5, 0.6) is 11.5 Å². The molecule has 0 bridgehead atoms. The van der Waals surface area contributed by atoms with Gasteiger partial charge in [0.1, 0.15) is 16.4 Å². The molecule has 0 unspecified atom stereocenters. The molecule has 0 saturated carbocycles. The number of nitrogens with zero attached hydrogens (tertiary/aromatic N) is 1. The number of ether oxygens (including phenoxy) is 2. The summed E-state index contributed by atoms with van der Waals surface area (Å²) < 4.78 is 37.9. The lowest BCUT2D eigenvalue weighted by atomic mass is 10.1. The van der Waals surface area contributed by atoms with Crippen molar-refractivity contribution in [3.05, 3.63) is 52.1 Å². The summed E-state index contributed by atoms with van der Waals surface area (Å²) in [5.74, 6) is -1.07. The van der Waals surface area contributed by atoms with Gasteiger partial charge in [0.25, 0.3) is 15.7 Å². The average molecular weight is 396 g/mol. The van der Waals surface area contributed by atoms with Gasteiger partial charge >= 0.3 is 5.97 Å². The molecule has 0 saturated heterocycles. The number of carbonyl (C=O) groups is 1. The Bertz CT molecular complexity index is 988. The van der Waals surface area contributed by atoms with E-state index in [0.29, 0.717) is 0 Å². The minimum atomic E-state index is -4.26. The number of hydrogen-bond acceptors (Lipinski definition) is 7. The number of sulfonamides is 1. The molecule has 0 spiro atoms. The number of rotatable bonds is 8. The first-order chi connectivity index (χ1) is 12.7. The zero-order valence-corrected chi connectivity index (χ0v) is 15.1. The van der Waals surface area contributed by atoms with Gasteiger partial charge in [-0.25, -0.2) is 8.42 Å². The third-order valence-electron chi connectivity index (χ3n) is 3.51. The Balaban J connectivity index is 2.52. The predicted octanol–water partition coefficient (Wildman–Crippen LogP) is 2.04.